The molecule has 0 bridgehead atoms. The molecule has 0 radical (unpaired) electrons. The number of benzene rings is 2. The summed E-state index contributed by atoms with van der Waals surface area (Å²) < 4.78 is 45.3. The molecule has 1 saturated heterocycles. The van der Waals surface area contributed by atoms with E-state index in [0.717, 1.165) is 27.2 Å². The van der Waals surface area contributed by atoms with Gasteiger partial charge >= 0.3 is 18.2 Å². The number of nitrogens with one attached hydrogen (secondary N) is 1. The van der Waals surface area contributed by atoms with Crippen LogP contribution in [0.2, 0.25) is 0 Å². The number of hydrogen-bond donors (Lipinski definition) is 2. The third kappa shape index (κ3) is 4.69. The Hall–Kier alpha value is -3.56. The minimum absolute atomic E-state index is 0.00504. The zero-order valence-electron chi connectivity index (χ0n) is 19.1. The second-order valence-corrected chi connectivity index (χ2v) is 9.38. The van der Waals surface area contributed by atoms with E-state index in [1.807, 2.05) is 48.5 Å². The summed E-state index contributed by atoms with van der Waals surface area (Å²) >= 11 is 0. The van der Waals surface area contributed by atoms with Gasteiger partial charge in [0.1, 0.15) is 12.1 Å². The van der Waals surface area contributed by atoms with E-state index in [9.17, 15) is 32.7 Å². The highest BCUT2D eigenvalue weighted by molar-refractivity contribution is 5.90. The Labute approximate surface area is 199 Å². The van der Waals surface area contributed by atoms with Gasteiger partial charge in [-0.05, 0) is 36.1 Å². The summed E-state index contributed by atoms with van der Waals surface area (Å²) in [6, 6.07) is 15.5. The standard InChI is InChI=1S/C25H25F3N2O5/c1-24(2,22(33)30-11-18(21(31)32)20(12-30)25(26,27)28)29-23(34)35-13-19-16-9-5-3-7-14(16)15-8-4-6-10-17(15)19/h3-10,18-20H,11-13H2,1-2H3,(H,29,34)(H,31,32)/t18-,20-/m0/s1. The van der Waals surface area contributed by atoms with E-state index in [2.05, 4.69) is 5.32 Å². The fourth-order valence-corrected chi connectivity index (χ4v) is 4.89. The Morgan fingerprint density at radius 3 is 2.03 bits per heavy atom. The quantitative estimate of drug-likeness (QED) is 0.660. The second kappa shape index (κ2) is 8.90. The third-order valence-electron chi connectivity index (χ3n) is 6.64. The van der Waals surface area contributed by atoms with Gasteiger partial charge in [0.2, 0.25) is 5.91 Å². The van der Waals surface area contributed by atoms with Crippen LogP contribution in [-0.4, -0.2) is 59.4 Å². The van der Waals surface area contributed by atoms with Crippen LogP contribution >= 0.6 is 0 Å². The van der Waals surface area contributed by atoms with Crippen molar-refractivity contribution in [1.82, 2.24) is 10.2 Å². The highest BCUT2D eigenvalue weighted by Gasteiger charge is 2.54. The van der Waals surface area contributed by atoms with Crippen LogP contribution in [0.5, 0.6) is 0 Å². The normalized spacial score (nSPS) is 19.7. The van der Waals surface area contributed by atoms with E-state index in [1.54, 1.807) is 0 Å². The molecule has 2 amide bonds. The molecule has 1 heterocycles. The maximum absolute atomic E-state index is 13.3. The van der Waals surface area contributed by atoms with Gasteiger partial charge in [-0.1, -0.05) is 48.5 Å². The van der Waals surface area contributed by atoms with Crippen LogP contribution in [0.25, 0.3) is 11.1 Å². The molecular formula is C25H25F3N2O5. The van der Waals surface area contributed by atoms with Gasteiger partial charge in [-0.2, -0.15) is 13.2 Å². The summed E-state index contributed by atoms with van der Waals surface area (Å²) in [5, 5.41) is 11.6. The molecule has 1 aliphatic heterocycles. The molecule has 2 aromatic carbocycles. The van der Waals surface area contributed by atoms with Crippen LogP contribution in [0.1, 0.15) is 30.9 Å². The molecule has 2 atom stereocenters. The molecule has 2 aromatic rings. The van der Waals surface area contributed by atoms with E-state index in [0.29, 0.717) is 0 Å². The smallest absolute Gasteiger partial charge is 0.408 e. The van der Waals surface area contributed by atoms with Crippen LogP contribution in [0.15, 0.2) is 48.5 Å². The van der Waals surface area contributed by atoms with Gasteiger partial charge in [0.05, 0.1) is 11.8 Å². The number of amides is 2. The van der Waals surface area contributed by atoms with Crippen molar-refractivity contribution in [3.63, 3.8) is 0 Å². The number of fused-ring (bicyclic) bond motifs is 3. The van der Waals surface area contributed by atoms with Gasteiger partial charge < -0.3 is 20.1 Å². The molecule has 0 unspecified atom stereocenters. The van der Waals surface area contributed by atoms with Gasteiger partial charge in [-0.25, -0.2) is 4.79 Å². The van der Waals surface area contributed by atoms with Crippen molar-refractivity contribution in [2.45, 2.75) is 31.5 Å². The van der Waals surface area contributed by atoms with Crippen LogP contribution < -0.4 is 5.32 Å². The number of hydrogen-bond acceptors (Lipinski definition) is 4. The molecule has 186 valence electrons. The zero-order chi connectivity index (χ0) is 25.5. The maximum atomic E-state index is 13.3. The van der Waals surface area contributed by atoms with Crippen molar-refractivity contribution in [2.75, 3.05) is 19.7 Å². The van der Waals surface area contributed by atoms with Crippen molar-refractivity contribution in [1.29, 1.82) is 0 Å². The highest BCUT2D eigenvalue weighted by atomic mass is 19.4. The number of alkyl halides is 3. The number of carbonyl (C=O) groups excluding carboxylic acids is 2. The summed E-state index contributed by atoms with van der Waals surface area (Å²) in [6.07, 6.45) is -5.66. The van der Waals surface area contributed by atoms with Crippen LogP contribution in [-0.2, 0) is 14.3 Å². The Bertz CT molecular complexity index is 1120. The minimum Gasteiger partial charge on any atom is -0.481 e. The van der Waals surface area contributed by atoms with Crippen LogP contribution in [0, 0.1) is 11.8 Å². The predicted octanol–water partition coefficient (Wildman–Crippen LogP) is 4.03. The Morgan fingerprint density at radius 1 is 1.00 bits per heavy atom. The summed E-state index contributed by atoms with van der Waals surface area (Å²) in [7, 11) is 0. The predicted molar refractivity (Wildman–Crippen MR) is 120 cm³/mol. The maximum Gasteiger partial charge on any atom is 0.408 e. The molecule has 0 aromatic heterocycles. The van der Waals surface area contributed by atoms with Crippen molar-refractivity contribution in [2.24, 2.45) is 11.8 Å². The van der Waals surface area contributed by atoms with Gasteiger partial charge in [-0.15, -0.1) is 0 Å². The SMILES string of the molecule is CC(C)(NC(=O)OCC1c2ccccc2-c2ccccc21)C(=O)N1C[C@H](C(=O)O)[C@@H](C(F)(F)F)C1. The molecule has 4 rings (SSSR count). The average Bonchev–Trinajstić information content (AvgIpc) is 3.37. The van der Waals surface area contributed by atoms with E-state index in [-0.39, 0.29) is 12.5 Å². The van der Waals surface area contributed by atoms with E-state index in [1.165, 1.54) is 13.8 Å². The molecule has 2 aliphatic rings. The van der Waals surface area contributed by atoms with Gasteiger partial charge in [0.15, 0.2) is 0 Å². The summed E-state index contributed by atoms with van der Waals surface area (Å²) in [6.45, 7) is 1.31. The third-order valence-corrected chi connectivity index (χ3v) is 6.64. The fraction of sp³-hybridized carbons (Fsp3) is 0.400. The lowest BCUT2D eigenvalue weighted by atomic mass is 9.96. The first kappa shape index (κ1) is 24.6. The first-order valence-corrected chi connectivity index (χ1v) is 11.1. The largest absolute Gasteiger partial charge is 0.481 e. The summed E-state index contributed by atoms with van der Waals surface area (Å²) in [5.41, 5.74) is 2.51. The summed E-state index contributed by atoms with van der Waals surface area (Å²) in [4.78, 5) is 37.6. The topological polar surface area (TPSA) is 95.9 Å². The number of aliphatic carboxylic acids is 1. The molecular weight excluding hydrogens is 465 g/mol. The monoisotopic (exact) mass is 490 g/mol. The number of nitrogens with zero attached hydrogens (tertiary/aromatic N) is 1. The van der Waals surface area contributed by atoms with E-state index >= 15 is 0 Å². The number of rotatable bonds is 5. The number of carboxylic acids is 1. The molecule has 2 N–H and O–H groups in total. The van der Waals surface area contributed by atoms with Crippen molar-refractivity contribution < 1.29 is 37.4 Å². The lowest BCUT2D eigenvalue weighted by molar-refractivity contribution is -0.188. The molecule has 7 nitrogen and oxygen atoms in total. The number of halogens is 3. The molecule has 1 fully saturated rings. The Kier molecular flexibility index (Phi) is 6.25. The molecule has 0 spiro atoms. The summed E-state index contributed by atoms with van der Waals surface area (Å²) in [5.74, 6) is -6.57. The van der Waals surface area contributed by atoms with Gasteiger partial charge in [0.25, 0.3) is 0 Å². The number of carboxylic acid groups (broad SMARTS) is 1. The number of carbonyl (C=O) groups is 3. The molecule has 1 aliphatic carbocycles. The first-order valence-electron chi connectivity index (χ1n) is 11.1. The Morgan fingerprint density at radius 2 is 1.54 bits per heavy atom. The number of ether oxygens (including phenoxy) is 1. The fourth-order valence-electron chi connectivity index (χ4n) is 4.89. The molecule has 10 heteroatoms. The van der Waals surface area contributed by atoms with E-state index in [4.69, 9.17) is 4.74 Å². The lowest BCUT2D eigenvalue weighted by Gasteiger charge is -2.30. The van der Waals surface area contributed by atoms with Crippen molar-refractivity contribution in [3.8, 4) is 11.1 Å². The highest BCUT2D eigenvalue weighted by Crippen LogP contribution is 2.44. The zero-order valence-corrected chi connectivity index (χ0v) is 19.1. The lowest BCUT2D eigenvalue weighted by Crippen LogP contribution is -2.56. The van der Waals surface area contributed by atoms with E-state index < -0.39 is 54.6 Å². The van der Waals surface area contributed by atoms with Gasteiger partial charge in [0, 0.05) is 19.0 Å². The average molecular weight is 490 g/mol. The van der Waals surface area contributed by atoms with Crippen molar-refractivity contribution >= 4 is 18.0 Å². The Balaban J connectivity index is 1.41. The van der Waals surface area contributed by atoms with Crippen molar-refractivity contribution in [3.05, 3.63) is 59.7 Å². The number of likely N-dealkylation sites (tertiary alicyclic amines) is 1. The van der Waals surface area contributed by atoms with Crippen LogP contribution in [0.4, 0.5) is 18.0 Å². The van der Waals surface area contributed by atoms with Gasteiger partial charge in [-0.3, -0.25) is 9.59 Å². The molecule has 35 heavy (non-hydrogen) atoms. The molecule has 0 saturated carbocycles. The minimum atomic E-state index is -4.76. The first-order chi connectivity index (χ1) is 16.4. The second-order valence-electron chi connectivity index (χ2n) is 9.38. The number of alkyl carbamates (subject to hydrolysis) is 1. The van der Waals surface area contributed by atoms with Crippen LogP contribution in [0.3, 0.4) is 0 Å².